The summed E-state index contributed by atoms with van der Waals surface area (Å²) in [5.74, 6) is 0.650. The summed E-state index contributed by atoms with van der Waals surface area (Å²) in [6, 6.07) is 12.8. The second-order valence-corrected chi connectivity index (χ2v) is 7.14. The van der Waals surface area contributed by atoms with E-state index in [-0.39, 0.29) is 11.8 Å². The highest BCUT2D eigenvalue weighted by Gasteiger charge is 2.27. The maximum atomic E-state index is 12.9. The lowest BCUT2D eigenvalue weighted by atomic mass is 10.1. The molecular weight excluding hydrogens is 364 g/mol. The first-order valence-electron chi connectivity index (χ1n) is 9.00. The molecule has 0 unspecified atom stereocenters. The van der Waals surface area contributed by atoms with E-state index in [1.165, 1.54) is 0 Å². The van der Waals surface area contributed by atoms with Gasteiger partial charge in [-0.05, 0) is 49.2 Å². The van der Waals surface area contributed by atoms with Crippen molar-refractivity contribution in [1.82, 2.24) is 4.90 Å². The number of benzene rings is 2. The minimum Gasteiger partial charge on any atom is -0.492 e. The Morgan fingerprint density at radius 2 is 2.07 bits per heavy atom. The van der Waals surface area contributed by atoms with Crippen LogP contribution in [0, 0.1) is 6.92 Å². The largest absolute Gasteiger partial charge is 0.492 e. The summed E-state index contributed by atoms with van der Waals surface area (Å²) < 4.78 is 5.73. The zero-order chi connectivity index (χ0) is 19.4. The van der Waals surface area contributed by atoms with Crippen LogP contribution in [0.15, 0.2) is 42.5 Å². The SMILES string of the molecule is Cc1cccc(OCCN(C)C(=O)c2ccc(Cl)cc2N2CCCC2=O)c1. The summed E-state index contributed by atoms with van der Waals surface area (Å²) in [7, 11) is 1.73. The molecule has 1 aliphatic rings. The van der Waals surface area contributed by atoms with E-state index in [0.29, 0.717) is 42.4 Å². The predicted octanol–water partition coefficient (Wildman–Crippen LogP) is 3.93. The van der Waals surface area contributed by atoms with E-state index in [4.69, 9.17) is 16.3 Å². The number of anilines is 1. The van der Waals surface area contributed by atoms with Crippen molar-refractivity contribution in [2.24, 2.45) is 0 Å². The highest BCUT2D eigenvalue weighted by molar-refractivity contribution is 6.31. The van der Waals surface area contributed by atoms with Gasteiger partial charge in [-0.2, -0.15) is 0 Å². The summed E-state index contributed by atoms with van der Waals surface area (Å²) in [5, 5.41) is 0.506. The minimum absolute atomic E-state index is 0.0248. The van der Waals surface area contributed by atoms with Crippen molar-refractivity contribution in [2.75, 3.05) is 31.6 Å². The van der Waals surface area contributed by atoms with Crippen molar-refractivity contribution in [1.29, 1.82) is 0 Å². The van der Waals surface area contributed by atoms with Gasteiger partial charge in [-0.15, -0.1) is 0 Å². The van der Waals surface area contributed by atoms with Gasteiger partial charge >= 0.3 is 0 Å². The van der Waals surface area contributed by atoms with Crippen molar-refractivity contribution in [3.05, 3.63) is 58.6 Å². The van der Waals surface area contributed by atoms with E-state index >= 15 is 0 Å². The quantitative estimate of drug-likeness (QED) is 0.755. The number of carbonyl (C=O) groups excluding carboxylic acids is 2. The van der Waals surface area contributed by atoms with Crippen molar-refractivity contribution in [2.45, 2.75) is 19.8 Å². The molecule has 1 aliphatic heterocycles. The van der Waals surface area contributed by atoms with Crippen LogP contribution in [0.1, 0.15) is 28.8 Å². The third-order valence-electron chi connectivity index (χ3n) is 4.59. The number of hydrogen-bond donors (Lipinski definition) is 0. The number of ether oxygens (including phenoxy) is 1. The van der Waals surface area contributed by atoms with Gasteiger partial charge in [0.2, 0.25) is 5.91 Å². The molecular formula is C21H23ClN2O3. The number of rotatable bonds is 6. The van der Waals surface area contributed by atoms with Gasteiger partial charge in [0.25, 0.3) is 5.91 Å². The molecule has 27 heavy (non-hydrogen) atoms. The molecule has 3 rings (SSSR count). The number of amides is 2. The molecule has 0 aliphatic carbocycles. The minimum atomic E-state index is -0.158. The van der Waals surface area contributed by atoms with E-state index in [9.17, 15) is 9.59 Å². The fraction of sp³-hybridized carbons (Fsp3) is 0.333. The number of likely N-dealkylation sites (N-methyl/N-ethyl adjacent to an activating group) is 1. The molecule has 0 bridgehead atoms. The zero-order valence-electron chi connectivity index (χ0n) is 15.6. The lowest BCUT2D eigenvalue weighted by Crippen LogP contribution is -2.33. The van der Waals surface area contributed by atoms with E-state index in [2.05, 4.69) is 0 Å². The first-order chi connectivity index (χ1) is 13.0. The van der Waals surface area contributed by atoms with Gasteiger partial charge in [0, 0.05) is 25.0 Å². The summed E-state index contributed by atoms with van der Waals surface area (Å²) in [6.45, 7) is 3.43. The van der Waals surface area contributed by atoms with E-state index in [0.717, 1.165) is 17.7 Å². The van der Waals surface area contributed by atoms with Crippen LogP contribution in [0.4, 0.5) is 5.69 Å². The average Bonchev–Trinajstić information content (AvgIpc) is 3.07. The van der Waals surface area contributed by atoms with Crippen LogP contribution >= 0.6 is 11.6 Å². The number of halogens is 1. The molecule has 6 heteroatoms. The summed E-state index contributed by atoms with van der Waals surface area (Å²) >= 11 is 6.11. The lowest BCUT2D eigenvalue weighted by Gasteiger charge is -2.23. The Balaban J connectivity index is 1.68. The number of nitrogens with zero attached hydrogens (tertiary/aromatic N) is 2. The van der Waals surface area contributed by atoms with E-state index < -0.39 is 0 Å². The molecule has 5 nitrogen and oxygen atoms in total. The molecule has 2 amide bonds. The molecule has 2 aromatic carbocycles. The molecule has 142 valence electrons. The first-order valence-corrected chi connectivity index (χ1v) is 9.38. The summed E-state index contributed by atoms with van der Waals surface area (Å²) in [6.07, 6.45) is 1.29. The molecule has 1 heterocycles. The molecule has 0 aromatic heterocycles. The molecule has 0 spiro atoms. The van der Waals surface area contributed by atoms with Crippen LogP contribution in [0.3, 0.4) is 0 Å². The van der Waals surface area contributed by atoms with Crippen LogP contribution in [-0.2, 0) is 4.79 Å². The third kappa shape index (κ3) is 4.61. The topological polar surface area (TPSA) is 49.9 Å². The Morgan fingerprint density at radius 3 is 2.78 bits per heavy atom. The van der Waals surface area contributed by atoms with Gasteiger partial charge in [0.1, 0.15) is 12.4 Å². The highest BCUT2D eigenvalue weighted by atomic mass is 35.5. The molecule has 0 saturated carbocycles. The second kappa shape index (κ2) is 8.44. The van der Waals surface area contributed by atoms with Crippen molar-refractivity contribution < 1.29 is 14.3 Å². The highest BCUT2D eigenvalue weighted by Crippen LogP contribution is 2.29. The smallest absolute Gasteiger partial charge is 0.255 e. The van der Waals surface area contributed by atoms with Gasteiger partial charge in [0.05, 0.1) is 17.8 Å². The fourth-order valence-electron chi connectivity index (χ4n) is 3.12. The Kier molecular flexibility index (Phi) is 6.01. The summed E-state index contributed by atoms with van der Waals surface area (Å²) in [4.78, 5) is 28.3. The van der Waals surface area contributed by atoms with Crippen LogP contribution in [0.2, 0.25) is 5.02 Å². The van der Waals surface area contributed by atoms with Gasteiger partial charge in [0.15, 0.2) is 0 Å². The van der Waals surface area contributed by atoms with Gasteiger partial charge in [-0.25, -0.2) is 0 Å². The normalized spacial score (nSPS) is 13.7. The Labute approximate surface area is 164 Å². The van der Waals surface area contributed by atoms with Crippen molar-refractivity contribution in [3.63, 3.8) is 0 Å². The van der Waals surface area contributed by atoms with Gasteiger partial charge in [-0.1, -0.05) is 23.7 Å². The monoisotopic (exact) mass is 386 g/mol. The molecule has 0 N–H and O–H groups in total. The zero-order valence-corrected chi connectivity index (χ0v) is 16.3. The summed E-state index contributed by atoms with van der Waals surface area (Å²) in [5.41, 5.74) is 2.19. The Hall–Kier alpha value is -2.53. The Bertz CT molecular complexity index is 853. The van der Waals surface area contributed by atoms with Crippen molar-refractivity contribution in [3.8, 4) is 5.75 Å². The molecule has 1 fully saturated rings. The van der Waals surface area contributed by atoms with Gasteiger partial charge in [-0.3, -0.25) is 9.59 Å². The van der Waals surface area contributed by atoms with E-state index in [1.807, 2.05) is 31.2 Å². The molecule has 0 radical (unpaired) electrons. The predicted molar refractivity (Wildman–Crippen MR) is 107 cm³/mol. The molecule has 2 aromatic rings. The maximum absolute atomic E-state index is 12.9. The van der Waals surface area contributed by atoms with E-state index in [1.54, 1.807) is 35.0 Å². The first kappa shape index (κ1) is 19.2. The fourth-order valence-corrected chi connectivity index (χ4v) is 3.29. The number of hydrogen-bond acceptors (Lipinski definition) is 3. The average molecular weight is 387 g/mol. The second-order valence-electron chi connectivity index (χ2n) is 6.70. The molecule has 0 atom stereocenters. The van der Waals surface area contributed by atoms with Crippen LogP contribution in [-0.4, -0.2) is 43.5 Å². The third-order valence-corrected chi connectivity index (χ3v) is 4.82. The van der Waals surface area contributed by atoms with Crippen LogP contribution in [0.25, 0.3) is 0 Å². The van der Waals surface area contributed by atoms with Gasteiger partial charge < -0.3 is 14.5 Å². The van der Waals surface area contributed by atoms with Crippen LogP contribution < -0.4 is 9.64 Å². The molecule has 1 saturated heterocycles. The maximum Gasteiger partial charge on any atom is 0.255 e. The standard InChI is InChI=1S/C21H23ClN2O3/c1-15-5-3-6-17(13-15)27-12-11-23(2)21(26)18-9-8-16(22)14-19(18)24-10-4-7-20(24)25/h3,5-6,8-9,13-14H,4,7,10-12H2,1-2H3. The lowest BCUT2D eigenvalue weighted by molar-refractivity contribution is -0.117. The number of aryl methyl sites for hydroxylation is 1. The van der Waals surface area contributed by atoms with Crippen molar-refractivity contribution >= 4 is 29.1 Å². The number of carbonyl (C=O) groups is 2. The Morgan fingerprint density at radius 1 is 1.26 bits per heavy atom. The van der Waals surface area contributed by atoms with Crippen LogP contribution in [0.5, 0.6) is 5.75 Å².